The Balaban J connectivity index is 1.44. The van der Waals surface area contributed by atoms with Gasteiger partial charge in [-0.3, -0.25) is 14.7 Å². The minimum atomic E-state index is 0.0212. The fraction of sp³-hybridized carbons (Fsp3) is 0.273. The van der Waals surface area contributed by atoms with Crippen LogP contribution in [0.4, 0.5) is 5.82 Å². The molecule has 5 rings (SSSR count). The van der Waals surface area contributed by atoms with Crippen LogP contribution < -0.4 is 5.73 Å². The Labute approximate surface area is 235 Å². The molecule has 2 aromatic carbocycles. The highest BCUT2D eigenvalue weighted by Gasteiger charge is 2.23. The minimum absolute atomic E-state index is 0.0212. The predicted molar refractivity (Wildman–Crippen MR) is 161 cm³/mol. The number of rotatable bonds is 5. The number of aromatic nitrogens is 2. The van der Waals surface area contributed by atoms with Gasteiger partial charge in [0.15, 0.2) is 5.69 Å². The highest BCUT2D eigenvalue weighted by Crippen LogP contribution is 2.36. The molecule has 0 fully saturated rings. The van der Waals surface area contributed by atoms with Crippen LogP contribution in [-0.4, -0.2) is 52.9 Å². The number of nitriles is 1. The van der Waals surface area contributed by atoms with E-state index in [-0.39, 0.29) is 11.9 Å². The van der Waals surface area contributed by atoms with Gasteiger partial charge in [-0.15, -0.1) is 0 Å². The maximum absolute atomic E-state index is 12.4. The molecule has 7 heteroatoms. The Morgan fingerprint density at radius 2 is 1.82 bits per heavy atom. The summed E-state index contributed by atoms with van der Waals surface area (Å²) in [6.07, 6.45) is 5.03. The number of hydrogen-bond acceptors (Lipinski definition) is 6. The minimum Gasteiger partial charge on any atom is -0.384 e. The highest BCUT2D eigenvalue weighted by molar-refractivity contribution is 5.96. The number of nitrogen functional groups attached to an aromatic ring is 1. The van der Waals surface area contributed by atoms with E-state index >= 15 is 0 Å². The van der Waals surface area contributed by atoms with Crippen LogP contribution in [-0.2, 0) is 0 Å². The van der Waals surface area contributed by atoms with E-state index < -0.39 is 0 Å². The van der Waals surface area contributed by atoms with Gasteiger partial charge in [0, 0.05) is 55.9 Å². The van der Waals surface area contributed by atoms with Gasteiger partial charge >= 0.3 is 0 Å². The lowest BCUT2D eigenvalue weighted by Gasteiger charge is -2.33. The Kier molecular flexibility index (Phi) is 7.38. The number of pyridine rings is 2. The van der Waals surface area contributed by atoms with E-state index in [1.807, 2.05) is 24.3 Å². The fourth-order valence-electron chi connectivity index (χ4n) is 5.67. The van der Waals surface area contributed by atoms with Crippen LogP contribution in [0.2, 0.25) is 0 Å². The zero-order valence-corrected chi connectivity index (χ0v) is 23.7. The maximum atomic E-state index is 12.4. The normalized spacial score (nSPS) is 14.4. The Morgan fingerprint density at radius 1 is 1.05 bits per heavy atom. The van der Waals surface area contributed by atoms with Gasteiger partial charge in [-0.05, 0) is 103 Å². The molecule has 1 atom stereocenters. The van der Waals surface area contributed by atoms with Crippen LogP contribution in [0.3, 0.4) is 0 Å². The summed E-state index contributed by atoms with van der Waals surface area (Å²) in [4.78, 5) is 25.3. The van der Waals surface area contributed by atoms with Crippen molar-refractivity contribution in [3.63, 3.8) is 0 Å². The number of carbonyl (C=O) groups excluding carboxylic acids is 1. The summed E-state index contributed by atoms with van der Waals surface area (Å²) in [5, 5.41) is 10.7. The Hall–Kier alpha value is -4.54. The average Bonchev–Trinajstić information content (AvgIpc) is 2.95. The monoisotopic (exact) mass is 530 g/mol. The van der Waals surface area contributed by atoms with Crippen molar-refractivity contribution in [2.75, 3.05) is 32.9 Å². The summed E-state index contributed by atoms with van der Waals surface area (Å²) < 4.78 is 0. The van der Waals surface area contributed by atoms with Crippen LogP contribution >= 0.6 is 0 Å². The number of nitrogens with two attached hydrogens (primary N) is 1. The Morgan fingerprint density at radius 3 is 2.50 bits per heavy atom. The van der Waals surface area contributed by atoms with Crippen molar-refractivity contribution >= 4 is 28.2 Å². The molecule has 7 nitrogen and oxygen atoms in total. The number of anilines is 1. The predicted octanol–water partition coefficient (Wildman–Crippen LogP) is 5.92. The molecule has 3 heterocycles. The van der Waals surface area contributed by atoms with Crippen LogP contribution in [0, 0.1) is 25.2 Å². The molecule has 0 saturated carbocycles. The van der Waals surface area contributed by atoms with Gasteiger partial charge in [0.2, 0.25) is 0 Å². The molecule has 202 valence electrons. The average molecular weight is 531 g/mol. The van der Waals surface area contributed by atoms with Gasteiger partial charge in [0.25, 0.3) is 5.91 Å². The number of carbonyl (C=O) groups is 1. The van der Waals surface area contributed by atoms with Crippen molar-refractivity contribution in [1.82, 2.24) is 19.8 Å². The molecule has 2 aromatic heterocycles. The quantitative estimate of drug-likeness (QED) is 0.344. The number of aryl methyl sites for hydroxylation is 2. The van der Waals surface area contributed by atoms with Crippen LogP contribution in [0.5, 0.6) is 0 Å². The van der Waals surface area contributed by atoms with E-state index in [0.717, 1.165) is 52.7 Å². The second kappa shape index (κ2) is 10.9. The molecule has 1 aliphatic rings. The molecular weight excluding hydrogens is 496 g/mol. The number of nitrogens with zero attached hydrogens (tertiary/aromatic N) is 5. The molecule has 0 bridgehead atoms. The van der Waals surface area contributed by atoms with Crippen molar-refractivity contribution in [3.05, 3.63) is 94.3 Å². The molecular formula is C33H34N6O. The van der Waals surface area contributed by atoms with E-state index in [2.05, 4.69) is 66.0 Å². The van der Waals surface area contributed by atoms with E-state index in [4.69, 9.17) is 5.73 Å². The standard InChI is InChI=1S/C33H34N6O/c1-20-16-24(33(40)38(4)5)6-7-25(20)23-11-14-39(15-12-23)22(3)28-18-29-26(10-13-36-30(29)17-21(28)2)27-8-9-32(35)37-31(27)19-34/h6-11,13,16-18,22H,12,14-15H2,1-5H3,(H2,35,37). The lowest BCUT2D eigenvalue weighted by Crippen LogP contribution is -2.31. The molecule has 4 aromatic rings. The van der Waals surface area contributed by atoms with Crippen molar-refractivity contribution in [3.8, 4) is 17.2 Å². The van der Waals surface area contributed by atoms with Gasteiger partial charge in [-0.1, -0.05) is 12.1 Å². The number of fused-ring (bicyclic) bond motifs is 1. The Bertz CT molecular complexity index is 1700. The lowest BCUT2D eigenvalue weighted by molar-refractivity contribution is 0.0827. The first-order valence-corrected chi connectivity index (χ1v) is 13.5. The maximum Gasteiger partial charge on any atom is 0.253 e. The van der Waals surface area contributed by atoms with E-state index in [0.29, 0.717) is 11.5 Å². The van der Waals surface area contributed by atoms with Crippen molar-refractivity contribution < 1.29 is 4.79 Å². The van der Waals surface area contributed by atoms with Gasteiger partial charge in [-0.2, -0.15) is 5.26 Å². The van der Waals surface area contributed by atoms with Gasteiger partial charge < -0.3 is 10.6 Å². The van der Waals surface area contributed by atoms with Crippen molar-refractivity contribution in [1.29, 1.82) is 5.26 Å². The summed E-state index contributed by atoms with van der Waals surface area (Å²) in [6, 6.07) is 18.3. The fourth-order valence-corrected chi connectivity index (χ4v) is 5.67. The molecule has 0 saturated heterocycles. The smallest absolute Gasteiger partial charge is 0.253 e. The third-order valence-electron chi connectivity index (χ3n) is 7.91. The lowest BCUT2D eigenvalue weighted by atomic mass is 9.91. The molecule has 40 heavy (non-hydrogen) atoms. The molecule has 0 spiro atoms. The summed E-state index contributed by atoms with van der Waals surface area (Å²) in [5.74, 6) is 0.349. The summed E-state index contributed by atoms with van der Waals surface area (Å²) in [7, 11) is 3.55. The van der Waals surface area contributed by atoms with Gasteiger partial charge in [0.05, 0.1) is 5.52 Å². The highest BCUT2D eigenvalue weighted by atomic mass is 16.2. The number of hydrogen-bond donors (Lipinski definition) is 1. The number of benzene rings is 2. The molecule has 1 aliphatic heterocycles. The summed E-state index contributed by atoms with van der Waals surface area (Å²) in [6.45, 7) is 8.24. The van der Waals surface area contributed by atoms with Gasteiger partial charge in [-0.25, -0.2) is 4.98 Å². The van der Waals surface area contributed by atoms with E-state index in [1.165, 1.54) is 22.3 Å². The molecule has 2 N–H and O–H groups in total. The van der Waals surface area contributed by atoms with Crippen LogP contribution in [0.1, 0.15) is 57.7 Å². The zero-order chi connectivity index (χ0) is 28.6. The molecule has 1 unspecified atom stereocenters. The van der Waals surface area contributed by atoms with E-state index in [1.54, 1.807) is 31.3 Å². The summed E-state index contributed by atoms with van der Waals surface area (Å²) >= 11 is 0. The van der Waals surface area contributed by atoms with Crippen molar-refractivity contribution in [2.45, 2.75) is 33.2 Å². The first-order chi connectivity index (χ1) is 19.2. The number of amides is 1. The second-order valence-corrected chi connectivity index (χ2v) is 10.7. The second-order valence-electron chi connectivity index (χ2n) is 10.7. The molecule has 0 radical (unpaired) electrons. The third-order valence-corrected chi connectivity index (χ3v) is 7.91. The van der Waals surface area contributed by atoms with Crippen LogP contribution in [0.15, 0.2) is 60.8 Å². The zero-order valence-electron chi connectivity index (χ0n) is 23.7. The SMILES string of the molecule is Cc1cc(C(=O)N(C)C)ccc1C1=CCN(C(C)c2cc3c(-c4ccc(N)nc4C#N)ccnc3cc2C)CC1. The van der Waals surface area contributed by atoms with E-state index in [9.17, 15) is 10.1 Å². The molecule has 1 amide bonds. The molecule has 0 aliphatic carbocycles. The largest absolute Gasteiger partial charge is 0.384 e. The topological polar surface area (TPSA) is 99.1 Å². The van der Waals surface area contributed by atoms with Crippen molar-refractivity contribution in [2.24, 2.45) is 0 Å². The first kappa shape index (κ1) is 27.0. The van der Waals surface area contributed by atoms with Gasteiger partial charge in [0.1, 0.15) is 11.9 Å². The third kappa shape index (κ3) is 5.06. The first-order valence-electron chi connectivity index (χ1n) is 13.5. The van der Waals surface area contributed by atoms with Crippen LogP contribution in [0.25, 0.3) is 27.6 Å². The summed E-state index contributed by atoms with van der Waals surface area (Å²) in [5.41, 5.74) is 15.5.